The average Bonchev–Trinajstić information content (AvgIpc) is 3.37. The molecule has 0 saturated carbocycles. The van der Waals surface area contributed by atoms with E-state index in [4.69, 9.17) is 0 Å². The molecule has 1 nitrogen and oxygen atoms in total. The van der Waals surface area contributed by atoms with E-state index in [2.05, 4.69) is 266 Å². The molecule has 0 heterocycles. The number of para-hydroxylation sites is 1. The Morgan fingerprint density at radius 1 is 0.222 bits per heavy atom. The molecular formula is C62H43N. The second kappa shape index (κ2) is 16.7. The molecule has 0 aromatic heterocycles. The third kappa shape index (κ3) is 7.06. The monoisotopic (exact) mass is 801 g/mol. The fourth-order valence-electron chi connectivity index (χ4n) is 9.41. The molecule has 0 N–H and O–H groups in total. The van der Waals surface area contributed by atoms with E-state index in [1.165, 1.54) is 77.2 Å². The van der Waals surface area contributed by atoms with Gasteiger partial charge in [-0.15, -0.1) is 0 Å². The first kappa shape index (κ1) is 37.7. The fourth-order valence-corrected chi connectivity index (χ4v) is 9.41. The van der Waals surface area contributed by atoms with Crippen LogP contribution in [0, 0.1) is 0 Å². The molecule has 11 rings (SSSR count). The summed E-state index contributed by atoms with van der Waals surface area (Å²) in [5.74, 6) is 0. The SMILES string of the molecule is c1ccc(-c2ccc(-c3ccc(N(c4ccccc4-c4ccccc4)c4cccc5c(-c6ccccc6)c(-c6ccccc6)c6ccccc6c45)cc3)cc2-c2ccccc2)cc1. The van der Waals surface area contributed by atoms with Gasteiger partial charge in [-0.2, -0.15) is 0 Å². The Kier molecular flexibility index (Phi) is 9.97. The first-order valence-corrected chi connectivity index (χ1v) is 21.7. The molecule has 0 aliphatic rings. The van der Waals surface area contributed by atoms with Crippen molar-refractivity contribution in [3.8, 4) is 66.8 Å². The minimum atomic E-state index is 1.08. The van der Waals surface area contributed by atoms with Crippen LogP contribution in [-0.4, -0.2) is 0 Å². The van der Waals surface area contributed by atoms with E-state index in [-0.39, 0.29) is 0 Å². The van der Waals surface area contributed by atoms with Crippen molar-refractivity contribution in [1.82, 2.24) is 0 Å². The van der Waals surface area contributed by atoms with Crippen LogP contribution in [0.25, 0.3) is 88.3 Å². The number of anilines is 3. The molecule has 0 fully saturated rings. The number of hydrogen-bond donors (Lipinski definition) is 0. The molecule has 11 aromatic rings. The van der Waals surface area contributed by atoms with Crippen LogP contribution in [-0.2, 0) is 0 Å². The van der Waals surface area contributed by atoms with E-state index >= 15 is 0 Å². The molecule has 0 bridgehead atoms. The number of benzene rings is 11. The molecule has 0 radical (unpaired) electrons. The van der Waals surface area contributed by atoms with E-state index in [1.807, 2.05) is 0 Å². The number of rotatable bonds is 9. The summed E-state index contributed by atoms with van der Waals surface area (Å²) in [6, 6.07) is 94.6. The van der Waals surface area contributed by atoms with Crippen molar-refractivity contribution in [1.29, 1.82) is 0 Å². The molecule has 11 aromatic carbocycles. The third-order valence-electron chi connectivity index (χ3n) is 12.3. The lowest BCUT2D eigenvalue weighted by molar-refractivity contribution is 1.30. The summed E-state index contributed by atoms with van der Waals surface area (Å²) >= 11 is 0. The minimum Gasteiger partial charge on any atom is -0.309 e. The van der Waals surface area contributed by atoms with E-state index in [9.17, 15) is 0 Å². The smallest absolute Gasteiger partial charge is 0.0546 e. The van der Waals surface area contributed by atoms with Crippen molar-refractivity contribution in [2.24, 2.45) is 0 Å². The van der Waals surface area contributed by atoms with Gasteiger partial charge < -0.3 is 4.90 Å². The van der Waals surface area contributed by atoms with Gasteiger partial charge in [-0.25, -0.2) is 0 Å². The van der Waals surface area contributed by atoms with Crippen molar-refractivity contribution in [3.63, 3.8) is 0 Å². The van der Waals surface area contributed by atoms with Gasteiger partial charge in [0.1, 0.15) is 0 Å². The zero-order chi connectivity index (χ0) is 42.0. The van der Waals surface area contributed by atoms with Crippen LogP contribution < -0.4 is 4.90 Å². The zero-order valence-corrected chi connectivity index (χ0v) is 34.8. The van der Waals surface area contributed by atoms with Crippen molar-refractivity contribution >= 4 is 38.6 Å². The third-order valence-corrected chi connectivity index (χ3v) is 12.3. The van der Waals surface area contributed by atoms with Gasteiger partial charge in [-0.05, 0) is 108 Å². The van der Waals surface area contributed by atoms with Crippen LogP contribution in [0.4, 0.5) is 17.1 Å². The van der Waals surface area contributed by atoms with Crippen LogP contribution in [0.15, 0.2) is 261 Å². The van der Waals surface area contributed by atoms with Crippen LogP contribution in [0.3, 0.4) is 0 Å². The summed E-state index contributed by atoms with van der Waals surface area (Å²) in [7, 11) is 0. The Bertz CT molecular complexity index is 3340. The highest BCUT2D eigenvalue weighted by atomic mass is 15.1. The number of fused-ring (bicyclic) bond motifs is 3. The summed E-state index contributed by atoms with van der Waals surface area (Å²) in [6.07, 6.45) is 0. The van der Waals surface area contributed by atoms with Gasteiger partial charge in [-0.3, -0.25) is 0 Å². The molecule has 296 valence electrons. The van der Waals surface area contributed by atoms with Crippen molar-refractivity contribution in [2.75, 3.05) is 4.90 Å². The topological polar surface area (TPSA) is 3.24 Å². The molecule has 63 heavy (non-hydrogen) atoms. The summed E-state index contributed by atoms with van der Waals surface area (Å²) in [5.41, 5.74) is 17.7. The van der Waals surface area contributed by atoms with E-state index in [1.54, 1.807) is 0 Å². The molecule has 0 atom stereocenters. The maximum atomic E-state index is 2.48. The van der Waals surface area contributed by atoms with E-state index in [0.29, 0.717) is 0 Å². The Balaban J connectivity index is 1.15. The van der Waals surface area contributed by atoms with Gasteiger partial charge >= 0.3 is 0 Å². The van der Waals surface area contributed by atoms with E-state index in [0.717, 1.165) is 28.2 Å². The summed E-state index contributed by atoms with van der Waals surface area (Å²) in [5, 5.41) is 4.86. The van der Waals surface area contributed by atoms with Crippen LogP contribution in [0.2, 0.25) is 0 Å². The largest absolute Gasteiger partial charge is 0.309 e. The highest BCUT2D eigenvalue weighted by Gasteiger charge is 2.24. The lowest BCUT2D eigenvalue weighted by Crippen LogP contribution is -2.12. The van der Waals surface area contributed by atoms with Crippen LogP contribution in [0.5, 0.6) is 0 Å². The molecule has 0 saturated heterocycles. The molecule has 0 spiro atoms. The minimum absolute atomic E-state index is 1.08. The molecule has 1 heteroatoms. The van der Waals surface area contributed by atoms with Gasteiger partial charge in [0.15, 0.2) is 0 Å². The Morgan fingerprint density at radius 3 is 1.25 bits per heavy atom. The Morgan fingerprint density at radius 2 is 0.651 bits per heavy atom. The Labute approximate surface area is 369 Å². The average molecular weight is 802 g/mol. The van der Waals surface area contributed by atoms with Gasteiger partial charge in [0.05, 0.1) is 11.4 Å². The quantitative estimate of drug-likeness (QED) is 0.131. The lowest BCUT2D eigenvalue weighted by atomic mass is 9.84. The predicted molar refractivity (Wildman–Crippen MR) is 269 cm³/mol. The van der Waals surface area contributed by atoms with Gasteiger partial charge in [-0.1, -0.05) is 231 Å². The second-order valence-corrected chi connectivity index (χ2v) is 16.0. The summed E-state index contributed by atoms with van der Waals surface area (Å²) in [6.45, 7) is 0. The number of nitrogens with zero attached hydrogens (tertiary/aromatic N) is 1. The van der Waals surface area contributed by atoms with Crippen molar-refractivity contribution in [3.05, 3.63) is 261 Å². The standard InChI is InChI=1S/C62H43N/c1-6-21-45(22-7-1)52-42-39-50(43-57(52)47-25-10-3-11-26-47)44-37-40-51(41-38-44)63(58-35-19-18-31-53(58)46-23-8-2-9-24-46)59-36-20-34-56-61(49-29-14-5-15-30-49)60(48-27-12-4-13-28-48)54-32-16-17-33-55(54)62(56)59/h1-43H. The summed E-state index contributed by atoms with van der Waals surface area (Å²) < 4.78 is 0. The van der Waals surface area contributed by atoms with Crippen molar-refractivity contribution < 1.29 is 0 Å². The number of hydrogen-bond acceptors (Lipinski definition) is 1. The highest BCUT2D eigenvalue weighted by Crippen LogP contribution is 2.50. The van der Waals surface area contributed by atoms with Gasteiger partial charge in [0.25, 0.3) is 0 Å². The molecule has 0 aliphatic heterocycles. The normalized spacial score (nSPS) is 11.2. The Hall–Kier alpha value is -8.26. The van der Waals surface area contributed by atoms with Gasteiger partial charge in [0.2, 0.25) is 0 Å². The van der Waals surface area contributed by atoms with E-state index < -0.39 is 0 Å². The molecule has 0 aliphatic carbocycles. The fraction of sp³-hybridized carbons (Fsp3) is 0. The zero-order valence-electron chi connectivity index (χ0n) is 34.8. The molecule has 0 unspecified atom stereocenters. The second-order valence-electron chi connectivity index (χ2n) is 16.0. The van der Waals surface area contributed by atoms with Crippen LogP contribution >= 0.6 is 0 Å². The molecule has 0 amide bonds. The molecular weight excluding hydrogens is 759 g/mol. The maximum absolute atomic E-state index is 2.48. The predicted octanol–water partition coefficient (Wildman–Crippen LogP) is 17.5. The lowest BCUT2D eigenvalue weighted by Gasteiger charge is -2.30. The highest BCUT2D eigenvalue weighted by molar-refractivity contribution is 6.25. The van der Waals surface area contributed by atoms with Crippen LogP contribution in [0.1, 0.15) is 0 Å². The summed E-state index contributed by atoms with van der Waals surface area (Å²) in [4.78, 5) is 2.48. The van der Waals surface area contributed by atoms with Gasteiger partial charge in [0, 0.05) is 16.6 Å². The first-order valence-electron chi connectivity index (χ1n) is 21.7. The first-order chi connectivity index (χ1) is 31.3. The van der Waals surface area contributed by atoms with Crippen molar-refractivity contribution in [2.45, 2.75) is 0 Å². The maximum Gasteiger partial charge on any atom is 0.0546 e.